The molecule has 102 valence electrons. The molecule has 1 aliphatic heterocycles. The molecule has 4 nitrogen and oxygen atoms in total. The van der Waals surface area contributed by atoms with Gasteiger partial charge < -0.3 is 10.2 Å². The van der Waals surface area contributed by atoms with E-state index in [0.717, 1.165) is 0 Å². The van der Waals surface area contributed by atoms with Crippen LogP contribution in [0.3, 0.4) is 0 Å². The molecular weight excluding hydrogens is 264 g/mol. The summed E-state index contributed by atoms with van der Waals surface area (Å²) >= 11 is 5.78. The molecule has 1 aromatic carbocycles. The van der Waals surface area contributed by atoms with Gasteiger partial charge in [-0.3, -0.25) is 9.59 Å². The van der Waals surface area contributed by atoms with Crippen molar-refractivity contribution in [1.29, 1.82) is 0 Å². The van der Waals surface area contributed by atoms with Gasteiger partial charge in [-0.1, -0.05) is 11.6 Å². The van der Waals surface area contributed by atoms with Crippen molar-refractivity contribution in [1.82, 2.24) is 4.90 Å². The molecule has 1 heterocycles. The maximum Gasteiger partial charge on any atom is 0.229 e. The Morgan fingerprint density at radius 2 is 2.00 bits per heavy atom. The number of halogens is 1. The SMILES string of the molecule is CC(C)N1C[C@@H](C(=O)Nc2ccc(Cl)cc2)CC1=O. The average Bonchev–Trinajstić information content (AvgIpc) is 2.74. The minimum atomic E-state index is -0.273. The van der Waals surface area contributed by atoms with Crippen molar-refractivity contribution in [3.63, 3.8) is 0 Å². The van der Waals surface area contributed by atoms with E-state index >= 15 is 0 Å². The predicted molar refractivity (Wildman–Crippen MR) is 75.0 cm³/mol. The number of anilines is 1. The number of rotatable bonds is 3. The number of amides is 2. The molecule has 5 heteroatoms. The van der Waals surface area contributed by atoms with Crippen LogP contribution in [0.4, 0.5) is 5.69 Å². The van der Waals surface area contributed by atoms with Gasteiger partial charge in [-0.05, 0) is 38.1 Å². The van der Waals surface area contributed by atoms with Crippen LogP contribution in [0.5, 0.6) is 0 Å². The number of hydrogen-bond acceptors (Lipinski definition) is 2. The Kier molecular flexibility index (Phi) is 4.10. The minimum Gasteiger partial charge on any atom is -0.339 e. The summed E-state index contributed by atoms with van der Waals surface area (Å²) in [5.41, 5.74) is 0.699. The Morgan fingerprint density at radius 3 is 2.53 bits per heavy atom. The van der Waals surface area contributed by atoms with Crippen molar-refractivity contribution in [2.24, 2.45) is 5.92 Å². The summed E-state index contributed by atoms with van der Waals surface area (Å²) in [6.45, 7) is 4.41. The number of likely N-dealkylation sites (tertiary alicyclic amines) is 1. The van der Waals surface area contributed by atoms with Crippen LogP contribution in [-0.4, -0.2) is 29.3 Å². The molecule has 1 atom stereocenters. The van der Waals surface area contributed by atoms with Crippen LogP contribution >= 0.6 is 11.6 Å². The molecule has 0 unspecified atom stereocenters. The molecule has 19 heavy (non-hydrogen) atoms. The Hall–Kier alpha value is -1.55. The third-order valence-corrected chi connectivity index (χ3v) is 3.52. The lowest BCUT2D eigenvalue weighted by Crippen LogP contribution is -2.33. The Labute approximate surface area is 117 Å². The predicted octanol–water partition coefficient (Wildman–Crippen LogP) is 2.54. The summed E-state index contributed by atoms with van der Waals surface area (Å²) in [5.74, 6) is -0.337. The van der Waals surface area contributed by atoms with Crippen molar-refractivity contribution in [3.05, 3.63) is 29.3 Å². The summed E-state index contributed by atoms with van der Waals surface area (Å²) in [4.78, 5) is 25.6. The number of carbonyl (C=O) groups excluding carboxylic acids is 2. The highest BCUT2D eigenvalue weighted by atomic mass is 35.5. The van der Waals surface area contributed by atoms with Gasteiger partial charge in [0.25, 0.3) is 0 Å². The van der Waals surface area contributed by atoms with E-state index in [4.69, 9.17) is 11.6 Å². The number of carbonyl (C=O) groups is 2. The monoisotopic (exact) mass is 280 g/mol. The smallest absolute Gasteiger partial charge is 0.229 e. The zero-order chi connectivity index (χ0) is 14.0. The van der Waals surface area contributed by atoms with Crippen molar-refractivity contribution >= 4 is 29.1 Å². The van der Waals surface area contributed by atoms with Crippen LogP contribution in [0.25, 0.3) is 0 Å². The van der Waals surface area contributed by atoms with Crippen LogP contribution in [0.15, 0.2) is 24.3 Å². The van der Waals surface area contributed by atoms with Crippen LogP contribution in [0, 0.1) is 5.92 Å². The van der Waals surface area contributed by atoms with E-state index in [2.05, 4.69) is 5.32 Å². The van der Waals surface area contributed by atoms with Gasteiger partial charge in [0.05, 0.1) is 5.92 Å². The molecule has 1 saturated heterocycles. The highest BCUT2D eigenvalue weighted by molar-refractivity contribution is 6.30. The van der Waals surface area contributed by atoms with Crippen LogP contribution in [0.2, 0.25) is 5.02 Å². The number of nitrogens with one attached hydrogen (secondary N) is 1. The molecule has 0 spiro atoms. The Balaban J connectivity index is 1.98. The van der Waals surface area contributed by atoms with E-state index < -0.39 is 0 Å². The van der Waals surface area contributed by atoms with Crippen LogP contribution < -0.4 is 5.32 Å². The first-order valence-electron chi connectivity index (χ1n) is 6.33. The first-order chi connectivity index (χ1) is 8.97. The van der Waals surface area contributed by atoms with Gasteiger partial charge in [-0.15, -0.1) is 0 Å². The first kappa shape index (κ1) is 13.9. The zero-order valence-electron chi connectivity index (χ0n) is 11.0. The molecule has 0 radical (unpaired) electrons. The van der Waals surface area contributed by atoms with E-state index in [1.165, 1.54) is 0 Å². The molecule has 1 aromatic rings. The van der Waals surface area contributed by atoms with Crippen molar-refractivity contribution < 1.29 is 9.59 Å². The molecule has 2 amide bonds. The lowest BCUT2D eigenvalue weighted by molar-refractivity contribution is -0.129. The standard InChI is InChI=1S/C14H17ClN2O2/c1-9(2)17-8-10(7-13(17)18)14(19)16-12-5-3-11(15)4-6-12/h3-6,9-10H,7-8H2,1-2H3,(H,16,19)/t10-/m0/s1. The van der Waals surface area contributed by atoms with Gasteiger partial charge in [0, 0.05) is 29.7 Å². The van der Waals surface area contributed by atoms with Crippen LogP contribution in [-0.2, 0) is 9.59 Å². The lowest BCUT2D eigenvalue weighted by atomic mass is 10.1. The number of benzene rings is 1. The Bertz CT molecular complexity index is 485. The van der Waals surface area contributed by atoms with Crippen molar-refractivity contribution in [3.8, 4) is 0 Å². The summed E-state index contributed by atoms with van der Waals surface area (Å²) in [7, 11) is 0. The summed E-state index contributed by atoms with van der Waals surface area (Å²) < 4.78 is 0. The van der Waals surface area contributed by atoms with Gasteiger partial charge in [-0.25, -0.2) is 0 Å². The molecule has 0 aromatic heterocycles. The molecule has 1 fully saturated rings. The van der Waals surface area contributed by atoms with E-state index in [-0.39, 0.29) is 30.2 Å². The molecule has 0 aliphatic carbocycles. The molecule has 0 saturated carbocycles. The topological polar surface area (TPSA) is 49.4 Å². The van der Waals surface area contributed by atoms with Crippen molar-refractivity contribution in [2.45, 2.75) is 26.3 Å². The van der Waals surface area contributed by atoms with E-state index in [0.29, 0.717) is 17.3 Å². The molecule has 2 rings (SSSR count). The summed E-state index contributed by atoms with van der Waals surface area (Å²) in [6.07, 6.45) is 0.289. The number of hydrogen-bond donors (Lipinski definition) is 1. The van der Waals surface area contributed by atoms with E-state index in [9.17, 15) is 9.59 Å². The lowest BCUT2D eigenvalue weighted by Gasteiger charge is -2.20. The number of nitrogens with zero attached hydrogens (tertiary/aromatic N) is 1. The van der Waals surface area contributed by atoms with Crippen molar-refractivity contribution in [2.75, 3.05) is 11.9 Å². The molecule has 1 N–H and O–H groups in total. The third kappa shape index (κ3) is 3.26. The van der Waals surface area contributed by atoms with Gasteiger partial charge in [0.2, 0.25) is 11.8 Å². The second kappa shape index (κ2) is 5.61. The van der Waals surface area contributed by atoms with Gasteiger partial charge >= 0.3 is 0 Å². The highest BCUT2D eigenvalue weighted by Gasteiger charge is 2.35. The summed E-state index contributed by atoms with van der Waals surface area (Å²) in [5, 5.41) is 3.44. The Morgan fingerprint density at radius 1 is 1.37 bits per heavy atom. The van der Waals surface area contributed by atoms with E-state index in [1.807, 2.05) is 13.8 Å². The molecule has 1 aliphatic rings. The minimum absolute atomic E-state index is 0.0475. The molecular formula is C14H17ClN2O2. The fourth-order valence-electron chi connectivity index (χ4n) is 2.18. The second-order valence-corrected chi connectivity index (χ2v) is 5.47. The van der Waals surface area contributed by atoms with Gasteiger partial charge in [-0.2, -0.15) is 0 Å². The third-order valence-electron chi connectivity index (χ3n) is 3.26. The normalized spacial score (nSPS) is 19.1. The zero-order valence-corrected chi connectivity index (χ0v) is 11.8. The van der Waals surface area contributed by atoms with Crippen LogP contribution in [0.1, 0.15) is 20.3 Å². The fourth-order valence-corrected chi connectivity index (χ4v) is 2.31. The summed E-state index contributed by atoms with van der Waals surface area (Å²) in [6, 6.07) is 7.07. The maximum atomic E-state index is 12.1. The largest absolute Gasteiger partial charge is 0.339 e. The quantitative estimate of drug-likeness (QED) is 0.925. The molecule has 0 bridgehead atoms. The second-order valence-electron chi connectivity index (χ2n) is 5.04. The van der Waals surface area contributed by atoms with Gasteiger partial charge in [0.1, 0.15) is 0 Å². The maximum absolute atomic E-state index is 12.1. The first-order valence-corrected chi connectivity index (χ1v) is 6.71. The fraction of sp³-hybridized carbons (Fsp3) is 0.429. The average molecular weight is 281 g/mol. The van der Waals surface area contributed by atoms with E-state index in [1.54, 1.807) is 29.2 Å². The van der Waals surface area contributed by atoms with Gasteiger partial charge in [0.15, 0.2) is 0 Å². The highest BCUT2D eigenvalue weighted by Crippen LogP contribution is 2.22.